The number of hydrogen-bond donors (Lipinski definition) is 25. The molecule has 6 aromatic rings. The number of carbonyl (C=O) groups is 12. The lowest BCUT2D eigenvalue weighted by Gasteiger charge is -2.29. The number of amides is 11. The van der Waals surface area contributed by atoms with E-state index in [4.69, 9.17) is 55.4 Å². The first kappa shape index (κ1) is 98.8. The fourth-order valence-corrected chi connectivity index (χ4v) is 13.2. The second kappa shape index (κ2) is 55.0. The van der Waals surface area contributed by atoms with Crippen molar-refractivity contribution >= 4 is 94.8 Å². The van der Waals surface area contributed by atoms with Gasteiger partial charge in [-0.2, -0.15) is 0 Å². The van der Waals surface area contributed by atoms with E-state index in [0.717, 1.165) is 0 Å². The number of nitrogens with two attached hydrogens (primary N) is 5. The van der Waals surface area contributed by atoms with Gasteiger partial charge in [0.05, 0.1) is 12.5 Å². The van der Waals surface area contributed by atoms with E-state index in [9.17, 15) is 28.8 Å². The Bertz CT molecular complexity index is 4430. The average Bonchev–Trinajstić information content (AvgIpc) is 0.845. The third-order valence-electron chi connectivity index (χ3n) is 19.7. The van der Waals surface area contributed by atoms with Crippen LogP contribution in [-0.4, -0.2) is 200 Å². The highest BCUT2D eigenvalue weighted by atomic mass is 16.4. The van der Waals surface area contributed by atoms with Gasteiger partial charge in [-0.1, -0.05) is 188 Å². The van der Waals surface area contributed by atoms with Gasteiger partial charge in [0.25, 0.3) is 0 Å². The molecule has 0 radical (unpaired) electrons. The zero-order valence-electron chi connectivity index (χ0n) is 69.5. The van der Waals surface area contributed by atoms with Gasteiger partial charge >= 0.3 is 5.97 Å². The number of rotatable bonds is 56. The summed E-state index contributed by atoms with van der Waals surface area (Å²) < 4.78 is 0. The molecule has 37 heteroatoms. The van der Waals surface area contributed by atoms with Crippen molar-refractivity contribution in [2.24, 2.45) is 28.7 Å². The minimum atomic E-state index is -1.53. The molecule has 0 saturated carbocycles. The largest absolute Gasteiger partial charge is 0.481 e. The first-order valence-electron chi connectivity index (χ1n) is 41.4. The standard InChI is InChI=1S/C87H120N24O13/c88-62(38-22-45-99-84(89)90)74(115)106-66(50-56-26-8-1-9-27-56)81(122)109-68(52-58-30-12-3-13-31-58)79(120)104-64(40-24-47-101-86(93)94)76(117)108-71(55-61-36-18-6-19-37-61)83(124)111-69(53-59-32-14-4-15-33-59)80(121)105-65(41-25-48-102-87(95)96)77(118)107-70(54-60-34-16-5-17-35-60)82(123)110-67(51-57-28-10-2-11-29-57)78(119)103-63(39-23-46-100-85(91)92)75(116)98-44-21-7-20-42-72(112)97-49-43-73(113)114/h1-6,8-19,26-37,62-71H,7,20-25,38-55,88H2,(H,97,112)(H,98,116)(H,103,119)(H,104,120)(H,105,121)(H,106,115)(H,107,118)(H,108,117)(H,109,122)(H,110,123)(H,111,124)(H,113,114)(H4,89,90,99)(H4,91,92,100)(H4,93,94,101)(H4,95,96,102)/t62-,63-,64-,65-,66-,67-,68-,69-,70-,71-/m0/s1. The molecule has 0 aromatic heterocycles. The van der Waals surface area contributed by atoms with Crippen LogP contribution in [0.3, 0.4) is 0 Å². The molecule has 30 N–H and O–H groups in total. The summed E-state index contributed by atoms with van der Waals surface area (Å²) in [4.78, 5) is 172. The van der Waals surface area contributed by atoms with E-state index in [1.54, 1.807) is 182 Å². The molecule has 37 nitrogen and oxygen atoms in total. The Balaban J connectivity index is 1.30. The van der Waals surface area contributed by atoms with E-state index < -0.39 is 125 Å². The average molecular weight is 1710 g/mol. The number of carboxylic acid groups (broad SMARTS) is 1. The summed E-state index contributed by atoms with van der Waals surface area (Å²) in [5, 5.41) is 81.3. The monoisotopic (exact) mass is 1710 g/mol. The van der Waals surface area contributed by atoms with Gasteiger partial charge in [0.15, 0.2) is 23.8 Å². The smallest absolute Gasteiger partial charge is 0.305 e. The molecule has 0 spiro atoms. The van der Waals surface area contributed by atoms with Crippen LogP contribution in [0.25, 0.3) is 0 Å². The maximum absolute atomic E-state index is 15.5. The topological polar surface area (TPSA) is 631 Å². The minimum absolute atomic E-state index is 0.0101. The highest BCUT2D eigenvalue weighted by molar-refractivity contribution is 5.99. The molecule has 6 rings (SSSR count). The molecule has 0 unspecified atom stereocenters. The van der Waals surface area contributed by atoms with Crippen LogP contribution in [0.15, 0.2) is 182 Å². The first-order chi connectivity index (χ1) is 59.6. The molecule has 11 amide bonds. The van der Waals surface area contributed by atoms with Crippen LogP contribution in [0, 0.1) is 21.6 Å². The first-order valence-corrected chi connectivity index (χ1v) is 41.4. The van der Waals surface area contributed by atoms with E-state index in [0.29, 0.717) is 59.1 Å². The normalized spacial score (nSPS) is 13.2. The summed E-state index contributed by atoms with van der Waals surface area (Å²) in [6.07, 6.45) is 1.17. The van der Waals surface area contributed by atoms with Gasteiger partial charge in [0.1, 0.15) is 54.4 Å². The predicted octanol–water partition coefficient (Wildman–Crippen LogP) is -0.546. The Kier molecular flexibility index (Phi) is 43.9. The lowest BCUT2D eigenvalue weighted by atomic mass is 10.00. The zero-order valence-corrected chi connectivity index (χ0v) is 69.5. The molecule has 10 atom stereocenters. The van der Waals surface area contributed by atoms with Crippen molar-refractivity contribution < 1.29 is 62.6 Å². The highest BCUT2D eigenvalue weighted by Crippen LogP contribution is 2.16. The van der Waals surface area contributed by atoms with E-state index in [2.05, 4.69) is 79.8 Å². The number of aliphatic carboxylic acids is 1. The van der Waals surface area contributed by atoms with E-state index >= 15 is 28.8 Å². The van der Waals surface area contributed by atoms with Gasteiger partial charge in [-0.25, -0.2) is 0 Å². The van der Waals surface area contributed by atoms with E-state index in [-0.39, 0.29) is 165 Å². The Morgan fingerprint density at radius 3 is 0.734 bits per heavy atom. The molecular formula is C87H120N24O13. The SMILES string of the molecule is N=C(N)NCCC[C@H](NC(=O)[C@H](Cc1ccccc1)NC(=O)[C@H](Cc1ccccc1)NC(=O)[C@H](CCCNC(=N)N)NC(=O)[C@H](Cc1ccccc1)NC(=O)[C@H](Cc1ccccc1)NC(=O)[C@H](CCCNC(=N)N)NC(=O)[C@H](Cc1ccccc1)NC(=O)[C@H](Cc1ccccc1)NC(=O)[C@@H](N)CCCNC(=N)N)C(=O)NCCCCCC(=O)NCCC(=O)O. The number of carboxylic acids is 1. The molecule has 0 heterocycles. The van der Waals surface area contributed by atoms with E-state index in [1.165, 1.54) is 0 Å². The number of guanidine groups is 4. The predicted molar refractivity (Wildman–Crippen MR) is 470 cm³/mol. The van der Waals surface area contributed by atoms with Gasteiger partial charge in [0, 0.05) is 84.2 Å². The van der Waals surface area contributed by atoms with Crippen molar-refractivity contribution in [2.45, 2.75) is 182 Å². The maximum Gasteiger partial charge on any atom is 0.305 e. The van der Waals surface area contributed by atoms with Crippen LogP contribution in [0.5, 0.6) is 0 Å². The summed E-state index contributed by atoms with van der Waals surface area (Å²) >= 11 is 0. The second-order valence-corrected chi connectivity index (χ2v) is 29.8. The molecular weight excluding hydrogens is 1590 g/mol. The lowest BCUT2D eigenvalue weighted by molar-refractivity contribution is -0.137. The fourth-order valence-electron chi connectivity index (χ4n) is 13.2. The highest BCUT2D eigenvalue weighted by Gasteiger charge is 2.37. The number of carbonyl (C=O) groups excluding carboxylic acids is 11. The summed E-state index contributed by atoms with van der Waals surface area (Å²) in [6.45, 7) is 0.639. The fraction of sp³-hybridized carbons (Fsp3) is 0.402. The molecule has 124 heavy (non-hydrogen) atoms. The molecule has 0 bridgehead atoms. The number of hydrogen-bond acceptors (Lipinski definition) is 17. The lowest BCUT2D eigenvalue weighted by Crippen LogP contribution is -2.61. The molecule has 0 aliphatic heterocycles. The van der Waals surface area contributed by atoms with Crippen molar-refractivity contribution in [3.8, 4) is 0 Å². The van der Waals surface area contributed by atoms with Crippen LogP contribution < -0.4 is 108 Å². The van der Waals surface area contributed by atoms with Crippen LogP contribution in [0.4, 0.5) is 0 Å². The van der Waals surface area contributed by atoms with Gasteiger partial charge in [-0.05, 0) is 97.6 Å². The summed E-state index contributed by atoms with van der Waals surface area (Å²) in [5.74, 6) is -10.8. The number of benzene rings is 6. The van der Waals surface area contributed by atoms with Crippen LogP contribution in [-0.2, 0) is 96.1 Å². The summed E-state index contributed by atoms with van der Waals surface area (Å²) in [7, 11) is 0. The van der Waals surface area contributed by atoms with Crippen molar-refractivity contribution in [1.29, 1.82) is 21.6 Å². The quantitative estimate of drug-likeness (QED) is 0.0129. The van der Waals surface area contributed by atoms with Crippen LogP contribution in [0.1, 0.15) is 117 Å². The Labute approximate surface area is 721 Å². The summed E-state index contributed by atoms with van der Waals surface area (Å²) in [6, 6.07) is 38.1. The Morgan fingerprint density at radius 2 is 0.476 bits per heavy atom. The van der Waals surface area contributed by atoms with Gasteiger partial charge in [-0.3, -0.25) is 79.2 Å². The van der Waals surface area contributed by atoms with Crippen molar-refractivity contribution in [3.63, 3.8) is 0 Å². The molecule has 6 aromatic carbocycles. The Hall–Kier alpha value is -14.0. The minimum Gasteiger partial charge on any atom is -0.481 e. The van der Waals surface area contributed by atoms with Crippen molar-refractivity contribution in [3.05, 3.63) is 215 Å². The van der Waals surface area contributed by atoms with Crippen LogP contribution >= 0.6 is 0 Å². The van der Waals surface area contributed by atoms with Gasteiger partial charge < -0.3 is 114 Å². The third-order valence-corrected chi connectivity index (χ3v) is 19.7. The van der Waals surface area contributed by atoms with Crippen molar-refractivity contribution in [2.75, 3.05) is 39.3 Å². The number of nitrogens with one attached hydrogen (secondary N) is 19. The molecule has 0 aliphatic carbocycles. The second-order valence-electron chi connectivity index (χ2n) is 29.8. The zero-order chi connectivity index (χ0) is 90.0. The molecule has 666 valence electrons. The maximum atomic E-state index is 15.5. The molecule has 0 fully saturated rings. The number of unbranched alkanes of at least 4 members (excludes halogenated alkanes) is 2. The van der Waals surface area contributed by atoms with Gasteiger partial charge in [-0.15, -0.1) is 0 Å². The molecule has 0 aliphatic rings. The summed E-state index contributed by atoms with van der Waals surface area (Å²) in [5.41, 5.74) is 32.2. The van der Waals surface area contributed by atoms with Crippen molar-refractivity contribution in [1.82, 2.24) is 79.8 Å². The van der Waals surface area contributed by atoms with Crippen LogP contribution in [0.2, 0.25) is 0 Å². The Morgan fingerprint density at radius 1 is 0.250 bits per heavy atom. The molecule has 0 saturated heterocycles. The van der Waals surface area contributed by atoms with Gasteiger partial charge in [0.2, 0.25) is 65.0 Å². The van der Waals surface area contributed by atoms with E-state index in [1.807, 2.05) is 0 Å². The third kappa shape index (κ3) is 39.5.